The van der Waals surface area contributed by atoms with Gasteiger partial charge in [-0.15, -0.1) is 0 Å². The van der Waals surface area contributed by atoms with Crippen LogP contribution in [0.5, 0.6) is 11.5 Å². The zero-order chi connectivity index (χ0) is 15.6. The van der Waals surface area contributed by atoms with Crippen molar-refractivity contribution in [2.45, 2.75) is 25.1 Å². The summed E-state index contributed by atoms with van der Waals surface area (Å²) in [6, 6.07) is 5.10. The number of methoxy groups -OCH3 is 2. The number of benzene rings is 1. The third kappa shape index (κ3) is 3.66. The third-order valence-corrected chi connectivity index (χ3v) is 5.57. The molecule has 1 heterocycles. The first kappa shape index (κ1) is 16.1. The van der Waals surface area contributed by atoms with Crippen LogP contribution >= 0.6 is 0 Å². The summed E-state index contributed by atoms with van der Waals surface area (Å²) in [5, 5.41) is 11.8. The lowest BCUT2D eigenvalue weighted by Crippen LogP contribution is -2.92. The van der Waals surface area contributed by atoms with Crippen molar-refractivity contribution in [1.82, 2.24) is 0 Å². The molecule has 21 heavy (non-hydrogen) atoms. The topological polar surface area (TPSA) is 89.4 Å². The van der Waals surface area contributed by atoms with Crippen LogP contribution < -0.4 is 14.8 Å². The van der Waals surface area contributed by atoms with Crippen molar-refractivity contribution < 1.29 is 28.3 Å². The number of ether oxygens (including phenoxy) is 2. The molecule has 1 fully saturated rings. The smallest absolute Gasteiger partial charge is 0.159 e. The number of rotatable bonds is 5. The first-order valence-corrected chi connectivity index (χ1v) is 8.64. The first-order chi connectivity index (χ1) is 9.86. The predicted molar refractivity (Wildman–Crippen MR) is 78.3 cm³/mol. The summed E-state index contributed by atoms with van der Waals surface area (Å²) < 4.78 is 33.7. The van der Waals surface area contributed by atoms with Gasteiger partial charge in [-0.3, -0.25) is 0 Å². The molecule has 0 amide bonds. The second-order valence-corrected chi connectivity index (χ2v) is 7.55. The number of aliphatic hydroxyl groups excluding tert-OH is 1. The summed E-state index contributed by atoms with van der Waals surface area (Å²) in [5.41, 5.74) is 0.911. The zero-order valence-electron chi connectivity index (χ0n) is 12.4. The van der Waals surface area contributed by atoms with Gasteiger partial charge in [0.2, 0.25) is 0 Å². The largest absolute Gasteiger partial charge is 0.497 e. The minimum Gasteiger partial charge on any atom is -0.497 e. The molecule has 1 aliphatic rings. The van der Waals surface area contributed by atoms with Gasteiger partial charge in [0.05, 0.1) is 25.5 Å². The number of aliphatic hydroxyl groups is 1. The van der Waals surface area contributed by atoms with Crippen molar-refractivity contribution in [3.8, 4) is 11.5 Å². The average Bonchev–Trinajstić information content (AvgIpc) is 2.70. The molecule has 1 aromatic rings. The van der Waals surface area contributed by atoms with Crippen molar-refractivity contribution in [2.24, 2.45) is 0 Å². The molecule has 1 saturated heterocycles. The van der Waals surface area contributed by atoms with Crippen LogP contribution in [-0.2, 0) is 9.84 Å². The number of hydrogen-bond acceptors (Lipinski definition) is 5. The minimum atomic E-state index is -3.14. The third-order valence-electron chi connectivity index (χ3n) is 3.83. The van der Waals surface area contributed by atoms with Crippen molar-refractivity contribution in [3.05, 3.63) is 23.8 Å². The maximum atomic E-state index is 11.6. The van der Waals surface area contributed by atoms with E-state index in [-0.39, 0.29) is 23.6 Å². The van der Waals surface area contributed by atoms with Crippen molar-refractivity contribution >= 4 is 9.84 Å². The maximum absolute atomic E-state index is 11.6. The van der Waals surface area contributed by atoms with Crippen LogP contribution in [0, 0.1) is 0 Å². The van der Waals surface area contributed by atoms with E-state index in [1.54, 1.807) is 14.2 Å². The monoisotopic (exact) mass is 316 g/mol. The molecule has 0 saturated carbocycles. The zero-order valence-corrected chi connectivity index (χ0v) is 13.3. The van der Waals surface area contributed by atoms with Crippen molar-refractivity contribution in [1.29, 1.82) is 0 Å². The molecular formula is C14H22NO5S+. The van der Waals surface area contributed by atoms with Gasteiger partial charge in [0.25, 0.3) is 0 Å². The Bertz CT molecular complexity index is 601. The Kier molecular flexibility index (Phi) is 4.75. The van der Waals surface area contributed by atoms with Crippen LogP contribution in [0.3, 0.4) is 0 Å². The average molecular weight is 316 g/mol. The van der Waals surface area contributed by atoms with Gasteiger partial charge in [0, 0.05) is 0 Å². The normalized spacial score (nSPS) is 25.5. The fraction of sp³-hybridized carbons (Fsp3) is 0.571. The molecule has 0 aromatic heterocycles. The molecule has 0 spiro atoms. The summed E-state index contributed by atoms with van der Waals surface area (Å²) in [7, 11) is 0.0426. The predicted octanol–water partition coefficient (Wildman–Crippen LogP) is -0.514. The highest BCUT2D eigenvalue weighted by Crippen LogP contribution is 2.27. The summed E-state index contributed by atoms with van der Waals surface area (Å²) in [5.74, 6) is 1.28. The lowest BCUT2D eigenvalue weighted by molar-refractivity contribution is -0.725. The van der Waals surface area contributed by atoms with Gasteiger partial charge >= 0.3 is 0 Å². The molecule has 1 aromatic carbocycles. The van der Waals surface area contributed by atoms with Gasteiger partial charge in [-0.25, -0.2) is 8.42 Å². The Hall–Kier alpha value is -1.31. The minimum absolute atomic E-state index is 0.00475. The molecule has 2 rings (SSSR count). The molecule has 0 radical (unpaired) electrons. The van der Waals surface area contributed by atoms with Crippen molar-refractivity contribution in [3.63, 3.8) is 0 Å². The Morgan fingerprint density at radius 2 is 2.00 bits per heavy atom. The van der Waals surface area contributed by atoms with E-state index in [1.807, 2.05) is 30.4 Å². The van der Waals surface area contributed by atoms with E-state index in [0.717, 1.165) is 11.3 Å². The summed E-state index contributed by atoms with van der Waals surface area (Å²) in [4.78, 5) is 0. The Balaban J connectivity index is 2.18. The van der Waals surface area contributed by atoms with Crippen LogP contribution in [0.15, 0.2) is 18.2 Å². The second-order valence-electron chi connectivity index (χ2n) is 5.40. The fourth-order valence-corrected chi connectivity index (χ4v) is 4.53. The van der Waals surface area contributed by atoms with Crippen LogP contribution in [-0.4, -0.2) is 51.4 Å². The molecule has 3 atom stereocenters. The summed E-state index contributed by atoms with van der Waals surface area (Å²) in [6.45, 7) is 1.95. The number of nitrogens with two attached hydrogens (primary N) is 1. The Labute approximate surface area is 125 Å². The molecule has 6 nitrogen and oxygen atoms in total. The van der Waals surface area contributed by atoms with E-state index in [1.165, 1.54) is 0 Å². The van der Waals surface area contributed by atoms with Gasteiger partial charge in [-0.2, -0.15) is 0 Å². The van der Waals surface area contributed by atoms with E-state index in [9.17, 15) is 13.5 Å². The van der Waals surface area contributed by atoms with Crippen LogP contribution in [0.2, 0.25) is 0 Å². The van der Waals surface area contributed by atoms with Gasteiger partial charge in [0.15, 0.2) is 9.84 Å². The van der Waals surface area contributed by atoms with E-state index >= 15 is 0 Å². The van der Waals surface area contributed by atoms with Crippen LogP contribution in [0.1, 0.15) is 18.5 Å². The van der Waals surface area contributed by atoms with Gasteiger partial charge in [-0.05, 0) is 25.1 Å². The highest BCUT2D eigenvalue weighted by molar-refractivity contribution is 7.91. The summed E-state index contributed by atoms with van der Waals surface area (Å²) >= 11 is 0. The van der Waals surface area contributed by atoms with E-state index in [4.69, 9.17) is 9.47 Å². The number of quaternary nitrogens is 1. The van der Waals surface area contributed by atoms with Crippen LogP contribution in [0.25, 0.3) is 0 Å². The van der Waals surface area contributed by atoms with E-state index < -0.39 is 15.9 Å². The second kappa shape index (κ2) is 6.21. The molecule has 3 N–H and O–H groups in total. The maximum Gasteiger partial charge on any atom is 0.159 e. The van der Waals surface area contributed by atoms with Crippen molar-refractivity contribution in [2.75, 3.05) is 25.7 Å². The highest BCUT2D eigenvalue weighted by atomic mass is 32.2. The SMILES string of the molecule is COc1ccc(OC)c([C@@H](C)[NH2+][C@H]2CS(=O)(=O)C[C@@H]2O)c1. The lowest BCUT2D eigenvalue weighted by Gasteiger charge is -2.20. The number of hydrogen-bond donors (Lipinski definition) is 2. The van der Waals surface area contributed by atoms with Crippen LogP contribution in [0.4, 0.5) is 0 Å². The van der Waals surface area contributed by atoms with E-state index in [2.05, 4.69) is 0 Å². The molecule has 0 unspecified atom stereocenters. The van der Waals surface area contributed by atoms with E-state index in [0.29, 0.717) is 5.75 Å². The highest BCUT2D eigenvalue weighted by Gasteiger charge is 2.40. The van der Waals surface area contributed by atoms with Gasteiger partial charge in [-0.1, -0.05) is 0 Å². The molecular weight excluding hydrogens is 294 g/mol. The molecule has 118 valence electrons. The molecule has 1 aliphatic heterocycles. The van der Waals surface area contributed by atoms with Gasteiger partial charge in [0.1, 0.15) is 35.4 Å². The molecule has 0 bridgehead atoms. The Morgan fingerprint density at radius 3 is 2.52 bits per heavy atom. The lowest BCUT2D eigenvalue weighted by atomic mass is 10.0. The van der Waals surface area contributed by atoms with Gasteiger partial charge < -0.3 is 19.9 Å². The standard InChI is InChI=1S/C14H21NO5S/c1-9(15-12-7-21(17,18)8-13(12)16)11-6-10(19-2)4-5-14(11)20-3/h4-6,9,12-13,15-16H,7-8H2,1-3H3/p+1/t9-,12+,13+/m1/s1. The fourth-order valence-electron chi connectivity index (χ4n) is 2.71. The Morgan fingerprint density at radius 1 is 1.29 bits per heavy atom. The molecule has 7 heteroatoms. The number of sulfone groups is 1. The quantitative estimate of drug-likeness (QED) is 0.763. The summed E-state index contributed by atoms with van der Waals surface area (Å²) in [6.07, 6.45) is -0.825. The molecule has 0 aliphatic carbocycles. The first-order valence-electron chi connectivity index (χ1n) is 6.81.